The minimum absolute atomic E-state index is 0.140. The quantitative estimate of drug-likeness (QED) is 0.743. The molecule has 0 spiro atoms. The highest BCUT2D eigenvalue weighted by atomic mass is 32.2. The van der Waals surface area contributed by atoms with Crippen LogP contribution >= 0.6 is 0 Å². The summed E-state index contributed by atoms with van der Waals surface area (Å²) in [5, 5.41) is 0. The van der Waals surface area contributed by atoms with Gasteiger partial charge in [0.25, 0.3) is 0 Å². The van der Waals surface area contributed by atoms with Crippen LogP contribution in [0.3, 0.4) is 0 Å². The zero-order valence-corrected chi connectivity index (χ0v) is 14.5. The second-order valence-electron chi connectivity index (χ2n) is 5.76. The predicted molar refractivity (Wildman–Crippen MR) is 85.9 cm³/mol. The van der Waals surface area contributed by atoms with Crippen molar-refractivity contribution in [2.24, 2.45) is 5.92 Å². The van der Waals surface area contributed by atoms with Crippen LogP contribution in [-0.2, 0) is 24.3 Å². The van der Waals surface area contributed by atoms with Crippen LogP contribution in [0.25, 0.3) is 0 Å². The van der Waals surface area contributed by atoms with Crippen LogP contribution in [0.2, 0.25) is 0 Å². The van der Waals surface area contributed by atoms with E-state index in [0.29, 0.717) is 19.0 Å². The number of benzene rings is 1. The van der Waals surface area contributed by atoms with Crippen molar-refractivity contribution in [3.05, 3.63) is 29.8 Å². The first-order valence-electron chi connectivity index (χ1n) is 7.68. The van der Waals surface area contributed by atoms with Gasteiger partial charge in [-0.25, -0.2) is 18.0 Å². The molecule has 1 heterocycles. The van der Waals surface area contributed by atoms with Crippen LogP contribution in [0.5, 0.6) is 0 Å². The van der Waals surface area contributed by atoms with Gasteiger partial charge in [-0.05, 0) is 43.0 Å². The van der Waals surface area contributed by atoms with Gasteiger partial charge in [-0.3, -0.25) is 0 Å². The molecule has 1 aromatic carbocycles. The number of carbonyl (C=O) groups excluding carboxylic acids is 2. The van der Waals surface area contributed by atoms with E-state index in [1.807, 2.05) is 0 Å². The first-order valence-corrected chi connectivity index (χ1v) is 9.12. The van der Waals surface area contributed by atoms with Crippen molar-refractivity contribution in [1.82, 2.24) is 4.31 Å². The zero-order chi connectivity index (χ0) is 17.7. The van der Waals surface area contributed by atoms with E-state index in [1.165, 1.54) is 35.7 Å². The van der Waals surface area contributed by atoms with E-state index in [-0.39, 0.29) is 10.5 Å². The van der Waals surface area contributed by atoms with E-state index in [4.69, 9.17) is 4.74 Å². The number of hydrogen-bond acceptors (Lipinski definition) is 6. The fourth-order valence-corrected chi connectivity index (χ4v) is 3.87. The van der Waals surface area contributed by atoms with E-state index < -0.39 is 28.6 Å². The Morgan fingerprint density at radius 3 is 2.29 bits per heavy atom. The van der Waals surface area contributed by atoms with Gasteiger partial charge in [0, 0.05) is 13.1 Å². The third-order valence-corrected chi connectivity index (χ3v) is 5.93. The molecule has 132 valence electrons. The lowest BCUT2D eigenvalue weighted by Gasteiger charge is -2.29. The van der Waals surface area contributed by atoms with Gasteiger partial charge in [-0.1, -0.05) is 6.92 Å². The molecule has 2 rings (SSSR count). The van der Waals surface area contributed by atoms with Crippen molar-refractivity contribution in [2.75, 3.05) is 26.8 Å². The number of sulfonamides is 1. The summed E-state index contributed by atoms with van der Waals surface area (Å²) in [5.41, 5.74) is 0.171. The molecule has 0 unspecified atom stereocenters. The molecule has 0 radical (unpaired) electrons. The lowest BCUT2D eigenvalue weighted by Crippen LogP contribution is -2.37. The van der Waals surface area contributed by atoms with Gasteiger partial charge in [-0.15, -0.1) is 0 Å². The smallest absolute Gasteiger partial charge is 0.344 e. The largest absolute Gasteiger partial charge is 0.466 e. The summed E-state index contributed by atoms with van der Waals surface area (Å²) >= 11 is 0. The fraction of sp³-hybridized carbons (Fsp3) is 0.500. The minimum atomic E-state index is -3.55. The number of rotatable bonds is 5. The molecular formula is C16H21NO6S. The molecule has 24 heavy (non-hydrogen) atoms. The first-order chi connectivity index (χ1) is 11.3. The molecule has 1 aliphatic heterocycles. The van der Waals surface area contributed by atoms with Crippen LogP contribution in [-0.4, -0.2) is 51.5 Å². The molecule has 0 bridgehead atoms. The van der Waals surface area contributed by atoms with Crippen molar-refractivity contribution in [2.45, 2.75) is 24.7 Å². The summed E-state index contributed by atoms with van der Waals surface area (Å²) in [6.07, 6.45) is 1.69. The third-order valence-electron chi connectivity index (χ3n) is 4.02. The summed E-state index contributed by atoms with van der Waals surface area (Å²) in [6.45, 7) is 2.64. The van der Waals surface area contributed by atoms with E-state index in [0.717, 1.165) is 12.8 Å². The average molecular weight is 355 g/mol. The number of carbonyl (C=O) groups is 2. The summed E-state index contributed by atoms with van der Waals surface area (Å²) in [7, 11) is -2.36. The summed E-state index contributed by atoms with van der Waals surface area (Å²) in [4.78, 5) is 22.9. The Labute approximate surface area is 141 Å². The maximum atomic E-state index is 12.6. The molecule has 8 heteroatoms. The summed E-state index contributed by atoms with van der Waals surface area (Å²) in [5.74, 6) is -0.846. The second-order valence-corrected chi connectivity index (χ2v) is 7.70. The lowest BCUT2D eigenvalue weighted by atomic mass is 10.0. The van der Waals surface area contributed by atoms with E-state index >= 15 is 0 Å². The van der Waals surface area contributed by atoms with Gasteiger partial charge in [-0.2, -0.15) is 4.31 Å². The fourth-order valence-electron chi connectivity index (χ4n) is 2.40. The SMILES string of the molecule is COC(=O)COC(=O)c1ccc(S(=O)(=O)N2CCC(C)CC2)cc1. The Kier molecular flexibility index (Phi) is 5.95. The maximum absolute atomic E-state index is 12.6. The summed E-state index contributed by atoms with van der Waals surface area (Å²) in [6, 6.07) is 5.50. The van der Waals surface area contributed by atoms with Gasteiger partial charge in [0.2, 0.25) is 10.0 Å². The number of methoxy groups -OCH3 is 1. The number of piperidine rings is 1. The van der Waals surface area contributed by atoms with E-state index in [2.05, 4.69) is 11.7 Å². The van der Waals surface area contributed by atoms with Gasteiger partial charge in [0.1, 0.15) is 0 Å². The minimum Gasteiger partial charge on any atom is -0.466 e. The Morgan fingerprint density at radius 2 is 1.75 bits per heavy atom. The topological polar surface area (TPSA) is 90.0 Å². The van der Waals surface area contributed by atoms with Gasteiger partial charge in [0.05, 0.1) is 17.6 Å². The lowest BCUT2D eigenvalue weighted by molar-refractivity contribution is -0.144. The van der Waals surface area contributed by atoms with E-state index in [9.17, 15) is 18.0 Å². The predicted octanol–water partition coefficient (Wildman–Crippen LogP) is 1.44. The van der Waals surface area contributed by atoms with Crippen molar-refractivity contribution < 1.29 is 27.5 Å². The molecule has 1 aliphatic rings. The number of esters is 2. The molecule has 0 N–H and O–H groups in total. The normalized spacial score (nSPS) is 16.6. The highest BCUT2D eigenvalue weighted by Gasteiger charge is 2.28. The number of ether oxygens (including phenoxy) is 2. The van der Waals surface area contributed by atoms with Crippen molar-refractivity contribution in [3.63, 3.8) is 0 Å². The van der Waals surface area contributed by atoms with Gasteiger partial charge < -0.3 is 9.47 Å². The Balaban J connectivity index is 2.05. The molecule has 7 nitrogen and oxygen atoms in total. The Morgan fingerprint density at radius 1 is 1.17 bits per heavy atom. The third kappa shape index (κ3) is 4.33. The highest BCUT2D eigenvalue weighted by Crippen LogP contribution is 2.23. The molecule has 0 amide bonds. The molecule has 1 aromatic rings. The number of hydrogen-bond donors (Lipinski definition) is 0. The molecule has 1 fully saturated rings. The van der Waals surface area contributed by atoms with Crippen LogP contribution < -0.4 is 0 Å². The van der Waals surface area contributed by atoms with Crippen LogP contribution in [0.1, 0.15) is 30.1 Å². The van der Waals surface area contributed by atoms with Gasteiger partial charge in [0.15, 0.2) is 6.61 Å². The first kappa shape index (κ1) is 18.4. The van der Waals surface area contributed by atoms with Crippen molar-refractivity contribution >= 4 is 22.0 Å². The summed E-state index contributed by atoms with van der Waals surface area (Å²) < 4.78 is 35.8. The maximum Gasteiger partial charge on any atom is 0.344 e. The van der Waals surface area contributed by atoms with Crippen molar-refractivity contribution in [3.8, 4) is 0 Å². The molecule has 0 aromatic heterocycles. The average Bonchev–Trinajstić information content (AvgIpc) is 2.59. The molecule has 1 saturated heterocycles. The zero-order valence-electron chi connectivity index (χ0n) is 13.7. The van der Waals surface area contributed by atoms with E-state index in [1.54, 1.807) is 0 Å². The standard InChI is InChI=1S/C16H21NO6S/c1-12-7-9-17(10-8-12)24(20,21)14-5-3-13(4-6-14)16(19)23-11-15(18)22-2/h3-6,12H,7-11H2,1-2H3. The Bertz CT molecular complexity index is 690. The Hall–Kier alpha value is -1.93. The molecule has 0 aliphatic carbocycles. The highest BCUT2D eigenvalue weighted by molar-refractivity contribution is 7.89. The van der Waals surface area contributed by atoms with Crippen LogP contribution in [0.15, 0.2) is 29.2 Å². The van der Waals surface area contributed by atoms with Gasteiger partial charge >= 0.3 is 11.9 Å². The van der Waals surface area contributed by atoms with Crippen LogP contribution in [0.4, 0.5) is 0 Å². The van der Waals surface area contributed by atoms with Crippen LogP contribution in [0, 0.1) is 5.92 Å². The monoisotopic (exact) mass is 355 g/mol. The second kappa shape index (κ2) is 7.76. The molecular weight excluding hydrogens is 334 g/mol. The van der Waals surface area contributed by atoms with Crippen molar-refractivity contribution in [1.29, 1.82) is 0 Å². The molecule has 0 atom stereocenters. The number of nitrogens with zero attached hydrogens (tertiary/aromatic N) is 1. The molecule has 0 saturated carbocycles.